The van der Waals surface area contributed by atoms with Crippen LogP contribution in [-0.2, 0) is 14.8 Å². The van der Waals surface area contributed by atoms with E-state index in [1.165, 1.54) is 5.56 Å². The minimum Gasteiger partial charge on any atom is -0.336 e. The Labute approximate surface area is 175 Å². The first-order chi connectivity index (χ1) is 14.1. The zero-order chi connectivity index (χ0) is 20.3. The van der Waals surface area contributed by atoms with Gasteiger partial charge in [-0.3, -0.25) is 14.5 Å². The molecule has 2 aliphatic rings. The first-order valence-electron chi connectivity index (χ1n) is 10.0. The van der Waals surface area contributed by atoms with Crippen LogP contribution in [-0.4, -0.2) is 38.2 Å². The van der Waals surface area contributed by atoms with Gasteiger partial charge < -0.3 is 4.90 Å². The van der Waals surface area contributed by atoms with Gasteiger partial charge in [0.2, 0.25) is 5.91 Å². The molecule has 0 saturated carbocycles. The monoisotopic (exact) mass is 431 g/mol. The van der Waals surface area contributed by atoms with Crippen LogP contribution in [0.25, 0.3) is 0 Å². The molecule has 1 atom stereocenters. The molecule has 1 aromatic carbocycles. The van der Waals surface area contributed by atoms with Gasteiger partial charge in [-0.05, 0) is 60.2 Å². The molecule has 6 nitrogen and oxygen atoms in total. The fraction of sp³-hybridized carbons (Fsp3) is 0.429. The second-order valence-corrected chi connectivity index (χ2v) is 9.88. The molecule has 0 unspecified atom stereocenters. The van der Waals surface area contributed by atoms with E-state index in [1.54, 1.807) is 29.5 Å². The number of sulfonamides is 1. The van der Waals surface area contributed by atoms with Gasteiger partial charge in [0.15, 0.2) is 0 Å². The number of rotatable bonds is 7. The van der Waals surface area contributed by atoms with E-state index < -0.39 is 10.0 Å². The van der Waals surface area contributed by atoms with Crippen molar-refractivity contribution in [2.75, 3.05) is 13.1 Å². The van der Waals surface area contributed by atoms with Crippen molar-refractivity contribution in [1.82, 2.24) is 9.62 Å². The van der Waals surface area contributed by atoms with Gasteiger partial charge in [0, 0.05) is 25.1 Å². The van der Waals surface area contributed by atoms with Crippen molar-refractivity contribution in [1.29, 1.82) is 0 Å². The third-order valence-electron chi connectivity index (χ3n) is 5.48. The number of nitrogens with zero attached hydrogens (tertiary/aromatic N) is 2. The standard InChI is InChI=1S/C21H25N3O3S2/c25-20(24-13-6-8-18(24)16-11-14-28-15-16)10-2-1-5-12-22-21-17-7-3-4-9-19(17)29(26,27)23-21/h3-4,7,9,11,14-15,18H,1-2,5-6,8,10,12-13H2,(H,22,23)/t18-/m0/s1. The predicted octanol–water partition coefficient (Wildman–Crippen LogP) is 3.71. The highest BCUT2D eigenvalue weighted by Crippen LogP contribution is 2.33. The van der Waals surface area contributed by atoms with Gasteiger partial charge in [-0.2, -0.15) is 11.3 Å². The van der Waals surface area contributed by atoms with Gasteiger partial charge in [0.25, 0.3) is 10.0 Å². The summed E-state index contributed by atoms with van der Waals surface area (Å²) in [5.41, 5.74) is 1.90. The van der Waals surface area contributed by atoms with Gasteiger partial charge in [0.1, 0.15) is 5.84 Å². The molecular formula is C21H25N3O3S2. The smallest absolute Gasteiger partial charge is 0.263 e. The van der Waals surface area contributed by atoms with Gasteiger partial charge in [-0.15, -0.1) is 0 Å². The number of carbonyl (C=O) groups excluding carboxylic acids is 1. The van der Waals surface area contributed by atoms with Crippen molar-refractivity contribution in [3.05, 3.63) is 52.2 Å². The molecule has 2 aromatic rings. The van der Waals surface area contributed by atoms with Crippen LogP contribution in [0.5, 0.6) is 0 Å². The lowest BCUT2D eigenvalue weighted by Crippen LogP contribution is -2.30. The number of amides is 1. The molecule has 0 aliphatic carbocycles. The number of nitrogens with one attached hydrogen (secondary N) is 1. The van der Waals surface area contributed by atoms with E-state index in [4.69, 9.17) is 0 Å². The first-order valence-corrected chi connectivity index (χ1v) is 12.5. The molecule has 154 valence electrons. The van der Waals surface area contributed by atoms with E-state index in [0.29, 0.717) is 24.4 Å². The average Bonchev–Trinajstić information content (AvgIpc) is 3.44. The van der Waals surface area contributed by atoms with Gasteiger partial charge >= 0.3 is 0 Å². The molecule has 1 saturated heterocycles. The summed E-state index contributed by atoms with van der Waals surface area (Å²) in [6.07, 6.45) is 5.24. The highest BCUT2D eigenvalue weighted by molar-refractivity contribution is 7.90. The quantitative estimate of drug-likeness (QED) is 0.679. The lowest BCUT2D eigenvalue weighted by atomic mass is 10.1. The molecule has 4 rings (SSSR count). The molecule has 29 heavy (non-hydrogen) atoms. The highest BCUT2D eigenvalue weighted by atomic mass is 32.2. The van der Waals surface area contributed by atoms with Crippen molar-refractivity contribution in [2.24, 2.45) is 4.99 Å². The van der Waals surface area contributed by atoms with Crippen molar-refractivity contribution >= 4 is 33.1 Å². The molecule has 8 heteroatoms. The molecule has 1 aromatic heterocycles. The number of aliphatic imine (C=N–C) groups is 1. The fourth-order valence-electron chi connectivity index (χ4n) is 4.03. The number of unbranched alkanes of at least 4 members (excludes halogenated alkanes) is 2. The zero-order valence-electron chi connectivity index (χ0n) is 16.2. The Kier molecular flexibility index (Phi) is 6.01. The number of carbonyl (C=O) groups is 1. The van der Waals surface area contributed by atoms with Crippen LogP contribution in [0, 0.1) is 0 Å². The number of fused-ring (bicyclic) bond motifs is 1. The highest BCUT2D eigenvalue weighted by Gasteiger charge is 2.30. The summed E-state index contributed by atoms with van der Waals surface area (Å²) in [5.74, 6) is 0.662. The molecule has 1 fully saturated rings. The molecule has 1 amide bonds. The maximum atomic E-state index is 12.6. The van der Waals surface area contributed by atoms with Crippen LogP contribution in [0.3, 0.4) is 0 Å². The summed E-state index contributed by atoms with van der Waals surface area (Å²) < 4.78 is 26.7. The summed E-state index contributed by atoms with van der Waals surface area (Å²) in [6, 6.07) is 9.24. The lowest BCUT2D eigenvalue weighted by Gasteiger charge is -2.24. The van der Waals surface area contributed by atoms with E-state index in [1.807, 2.05) is 11.0 Å². The molecule has 1 N–H and O–H groups in total. The number of benzene rings is 1. The van der Waals surface area contributed by atoms with E-state index in [2.05, 4.69) is 26.5 Å². The molecule has 0 bridgehead atoms. The lowest BCUT2D eigenvalue weighted by molar-refractivity contribution is -0.132. The average molecular weight is 432 g/mol. The maximum Gasteiger partial charge on any atom is 0.263 e. The Bertz CT molecular complexity index is 1000. The Morgan fingerprint density at radius 2 is 2.07 bits per heavy atom. The van der Waals surface area contributed by atoms with Crippen molar-refractivity contribution in [3.8, 4) is 0 Å². The summed E-state index contributed by atoms with van der Waals surface area (Å²) in [6.45, 7) is 1.40. The minimum atomic E-state index is -3.48. The van der Waals surface area contributed by atoms with Crippen LogP contribution < -0.4 is 4.72 Å². The van der Waals surface area contributed by atoms with E-state index in [9.17, 15) is 13.2 Å². The summed E-state index contributed by atoms with van der Waals surface area (Å²) in [4.78, 5) is 19.4. The Hall–Kier alpha value is -2.19. The second kappa shape index (κ2) is 8.67. The number of hydrogen-bond acceptors (Lipinski definition) is 5. The SMILES string of the molecule is O=C(CCCCCN=C1NS(=O)(=O)c2ccccc21)N1CCC[C@H]1c1ccsc1. The topological polar surface area (TPSA) is 78.8 Å². The van der Waals surface area contributed by atoms with E-state index >= 15 is 0 Å². The Morgan fingerprint density at radius 1 is 1.21 bits per heavy atom. The molecular weight excluding hydrogens is 406 g/mol. The predicted molar refractivity (Wildman–Crippen MR) is 115 cm³/mol. The Morgan fingerprint density at radius 3 is 2.90 bits per heavy atom. The second-order valence-electron chi connectivity index (χ2n) is 7.44. The van der Waals surface area contributed by atoms with Gasteiger partial charge in [-0.1, -0.05) is 18.6 Å². The number of amidine groups is 1. The normalized spacial score (nSPS) is 21.3. The fourth-order valence-corrected chi connectivity index (χ4v) is 5.98. The largest absolute Gasteiger partial charge is 0.336 e. The third-order valence-corrected chi connectivity index (χ3v) is 7.58. The molecule has 3 heterocycles. The summed E-state index contributed by atoms with van der Waals surface area (Å²) in [5, 5.41) is 4.21. The zero-order valence-corrected chi connectivity index (χ0v) is 17.8. The molecule has 2 aliphatic heterocycles. The van der Waals surface area contributed by atoms with E-state index in [0.717, 1.165) is 38.6 Å². The Balaban J connectivity index is 1.23. The molecule has 0 spiro atoms. The van der Waals surface area contributed by atoms with Crippen LogP contribution in [0.2, 0.25) is 0 Å². The summed E-state index contributed by atoms with van der Waals surface area (Å²) in [7, 11) is -3.48. The van der Waals surface area contributed by atoms with Gasteiger partial charge in [-0.25, -0.2) is 8.42 Å². The first kappa shape index (κ1) is 20.1. The van der Waals surface area contributed by atoms with Crippen molar-refractivity contribution in [2.45, 2.75) is 49.5 Å². The van der Waals surface area contributed by atoms with Crippen LogP contribution >= 0.6 is 11.3 Å². The minimum absolute atomic E-state index is 0.238. The number of thiophene rings is 1. The van der Waals surface area contributed by atoms with Crippen molar-refractivity contribution < 1.29 is 13.2 Å². The summed E-state index contributed by atoms with van der Waals surface area (Å²) >= 11 is 1.68. The van der Waals surface area contributed by atoms with Gasteiger partial charge in [0.05, 0.1) is 10.9 Å². The number of hydrogen-bond donors (Lipinski definition) is 1. The number of likely N-dealkylation sites (tertiary alicyclic amines) is 1. The van der Waals surface area contributed by atoms with E-state index in [-0.39, 0.29) is 16.8 Å². The third kappa shape index (κ3) is 4.38. The van der Waals surface area contributed by atoms with Crippen LogP contribution in [0.15, 0.2) is 51.0 Å². The van der Waals surface area contributed by atoms with Crippen LogP contribution in [0.4, 0.5) is 0 Å². The molecule has 0 radical (unpaired) electrons. The van der Waals surface area contributed by atoms with Crippen LogP contribution in [0.1, 0.15) is 55.7 Å². The van der Waals surface area contributed by atoms with Crippen molar-refractivity contribution in [3.63, 3.8) is 0 Å². The maximum absolute atomic E-state index is 12.6.